The van der Waals surface area contributed by atoms with Crippen molar-refractivity contribution < 1.29 is 10.2 Å². The van der Waals surface area contributed by atoms with Gasteiger partial charge in [0.05, 0.1) is 0 Å². The Morgan fingerprint density at radius 2 is 2.23 bits per heavy atom. The van der Waals surface area contributed by atoms with Crippen molar-refractivity contribution >= 4 is 0 Å². The normalized spacial score (nSPS) is 34.0. The summed E-state index contributed by atoms with van der Waals surface area (Å²) in [6.07, 6.45) is 4.30. The van der Waals surface area contributed by atoms with Crippen molar-refractivity contribution in [3.63, 3.8) is 0 Å². The van der Waals surface area contributed by atoms with Crippen molar-refractivity contribution in [2.24, 2.45) is 11.7 Å². The molecule has 2 unspecified atom stereocenters. The molecule has 3 nitrogen and oxygen atoms in total. The zero-order chi connectivity index (χ0) is 10.1. The zero-order valence-electron chi connectivity index (χ0n) is 8.12. The quantitative estimate of drug-likeness (QED) is 0.600. The average molecular weight is 183 g/mol. The molecule has 0 bridgehead atoms. The third-order valence-corrected chi connectivity index (χ3v) is 2.62. The topological polar surface area (TPSA) is 66.5 Å². The predicted molar refractivity (Wildman–Crippen MR) is 52.3 cm³/mol. The van der Waals surface area contributed by atoms with Crippen LogP contribution in [0.5, 0.6) is 0 Å². The molecular weight excluding hydrogens is 166 g/mol. The van der Waals surface area contributed by atoms with Crippen LogP contribution in [-0.2, 0) is 0 Å². The molecule has 2 atom stereocenters. The lowest BCUT2D eigenvalue weighted by molar-refractivity contribution is 0.0185. The molecule has 0 amide bonds. The second kappa shape index (κ2) is 3.52. The van der Waals surface area contributed by atoms with E-state index in [0.717, 1.165) is 12.0 Å². The minimum absolute atomic E-state index is 0.0333. The van der Waals surface area contributed by atoms with Gasteiger partial charge in [-0.05, 0) is 31.5 Å². The van der Waals surface area contributed by atoms with Gasteiger partial charge in [0.25, 0.3) is 0 Å². The van der Waals surface area contributed by atoms with Crippen molar-refractivity contribution in [3.8, 4) is 0 Å². The van der Waals surface area contributed by atoms with E-state index in [1.807, 2.05) is 13.0 Å². The fourth-order valence-corrected chi connectivity index (χ4v) is 1.41. The van der Waals surface area contributed by atoms with Crippen LogP contribution in [0.3, 0.4) is 0 Å². The number of hydrogen-bond acceptors (Lipinski definition) is 3. The van der Waals surface area contributed by atoms with Crippen LogP contribution in [0.2, 0.25) is 0 Å². The number of hydrogen-bond donors (Lipinski definition) is 3. The number of rotatable bonds is 2. The van der Waals surface area contributed by atoms with Crippen molar-refractivity contribution in [2.45, 2.75) is 25.9 Å². The Balaban J connectivity index is 2.87. The predicted octanol–water partition coefficient (Wildman–Crippen LogP) is 1.10. The number of nitrogens with two attached hydrogens (primary N) is 1. The van der Waals surface area contributed by atoms with E-state index in [0.29, 0.717) is 6.54 Å². The summed E-state index contributed by atoms with van der Waals surface area (Å²) in [5.41, 5.74) is 5.28. The molecule has 0 saturated heterocycles. The highest BCUT2D eigenvalue weighted by atomic mass is 16.3. The lowest BCUT2D eigenvalue weighted by atomic mass is 9.82. The molecule has 1 aliphatic carbocycles. The summed E-state index contributed by atoms with van der Waals surface area (Å²) in [5.74, 6) is -0.0370. The summed E-state index contributed by atoms with van der Waals surface area (Å²) in [4.78, 5) is 0. The van der Waals surface area contributed by atoms with Crippen LogP contribution in [0.25, 0.3) is 0 Å². The monoisotopic (exact) mass is 183 g/mol. The first-order chi connectivity index (χ1) is 5.98. The molecule has 0 aliphatic heterocycles. The van der Waals surface area contributed by atoms with Crippen LogP contribution >= 0.6 is 0 Å². The van der Waals surface area contributed by atoms with Gasteiger partial charge >= 0.3 is 0 Å². The van der Waals surface area contributed by atoms with Gasteiger partial charge in [-0.2, -0.15) is 0 Å². The Morgan fingerprint density at radius 3 is 2.69 bits per heavy atom. The highest BCUT2D eigenvalue weighted by Crippen LogP contribution is 2.31. The number of allylic oxidation sites excluding steroid dienone is 1. The first kappa shape index (κ1) is 10.3. The van der Waals surface area contributed by atoms with E-state index in [2.05, 4.69) is 0 Å². The highest BCUT2D eigenvalue weighted by Gasteiger charge is 2.34. The van der Waals surface area contributed by atoms with Crippen molar-refractivity contribution in [1.82, 2.24) is 0 Å². The molecule has 0 fully saturated rings. The Morgan fingerprint density at radius 1 is 1.62 bits per heavy atom. The van der Waals surface area contributed by atoms with Gasteiger partial charge in [0.1, 0.15) is 11.4 Å². The van der Waals surface area contributed by atoms with Crippen LogP contribution in [0, 0.1) is 5.92 Å². The molecule has 0 aromatic carbocycles. The van der Waals surface area contributed by atoms with Crippen molar-refractivity contribution in [1.29, 1.82) is 0 Å². The van der Waals surface area contributed by atoms with E-state index in [1.165, 1.54) is 0 Å². The van der Waals surface area contributed by atoms with E-state index >= 15 is 0 Å². The summed E-state index contributed by atoms with van der Waals surface area (Å²) in [7, 11) is 0. The molecule has 0 radical (unpaired) electrons. The molecule has 3 heteroatoms. The Labute approximate surface area is 78.6 Å². The molecule has 13 heavy (non-hydrogen) atoms. The largest absolute Gasteiger partial charge is 0.509 e. The summed E-state index contributed by atoms with van der Waals surface area (Å²) >= 11 is 0. The van der Waals surface area contributed by atoms with Gasteiger partial charge in [-0.3, -0.25) is 0 Å². The summed E-state index contributed by atoms with van der Waals surface area (Å²) in [5, 5.41) is 19.3. The maximum atomic E-state index is 9.80. The van der Waals surface area contributed by atoms with Crippen LogP contribution in [-0.4, -0.2) is 22.4 Å². The maximum absolute atomic E-state index is 9.80. The van der Waals surface area contributed by atoms with Crippen molar-refractivity contribution in [3.05, 3.63) is 23.5 Å². The number of aliphatic hydroxyl groups is 2. The minimum Gasteiger partial charge on any atom is -0.509 e. The van der Waals surface area contributed by atoms with Gasteiger partial charge in [0, 0.05) is 5.92 Å². The van der Waals surface area contributed by atoms with Crippen LogP contribution in [0.1, 0.15) is 20.3 Å². The fourth-order valence-electron chi connectivity index (χ4n) is 1.41. The van der Waals surface area contributed by atoms with Gasteiger partial charge in [-0.15, -0.1) is 0 Å². The SMILES string of the molecule is CC1C=C(CCN)C=C(O)C1(C)O. The molecule has 0 spiro atoms. The molecule has 1 aliphatic rings. The smallest absolute Gasteiger partial charge is 0.124 e. The summed E-state index contributed by atoms with van der Waals surface area (Å²) in [6.45, 7) is 4.05. The van der Waals surface area contributed by atoms with E-state index in [4.69, 9.17) is 5.73 Å². The average Bonchev–Trinajstić information content (AvgIpc) is 2.02. The van der Waals surface area contributed by atoms with Gasteiger partial charge in [0.2, 0.25) is 0 Å². The van der Waals surface area contributed by atoms with Crippen LogP contribution in [0.4, 0.5) is 0 Å². The third-order valence-electron chi connectivity index (χ3n) is 2.62. The molecule has 0 aromatic rings. The zero-order valence-corrected chi connectivity index (χ0v) is 8.12. The van der Waals surface area contributed by atoms with Crippen LogP contribution < -0.4 is 5.73 Å². The van der Waals surface area contributed by atoms with E-state index in [1.54, 1.807) is 13.0 Å². The Bertz CT molecular complexity index is 254. The fraction of sp³-hybridized carbons (Fsp3) is 0.600. The number of aliphatic hydroxyl groups excluding tert-OH is 1. The highest BCUT2D eigenvalue weighted by molar-refractivity contribution is 5.32. The van der Waals surface area contributed by atoms with E-state index in [-0.39, 0.29) is 11.7 Å². The second-order valence-electron chi connectivity index (χ2n) is 3.75. The second-order valence-corrected chi connectivity index (χ2v) is 3.75. The lowest BCUT2D eigenvalue weighted by Crippen LogP contribution is -2.36. The summed E-state index contributed by atoms with van der Waals surface area (Å²) in [6, 6.07) is 0. The molecular formula is C10H17NO2. The van der Waals surface area contributed by atoms with E-state index < -0.39 is 5.60 Å². The third kappa shape index (κ3) is 1.92. The molecule has 1 rings (SSSR count). The molecule has 0 heterocycles. The van der Waals surface area contributed by atoms with E-state index in [9.17, 15) is 10.2 Å². The maximum Gasteiger partial charge on any atom is 0.124 e. The molecule has 74 valence electrons. The van der Waals surface area contributed by atoms with Gasteiger partial charge in [0.15, 0.2) is 0 Å². The molecule has 0 aromatic heterocycles. The van der Waals surface area contributed by atoms with Crippen molar-refractivity contribution in [2.75, 3.05) is 6.54 Å². The summed E-state index contributed by atoms with van der Waals surface area (Å²) < 4.78 is 0. The first-order valence-electron chi connectivity index (χ1n) is 4.52. The van der Waals surface area contributed by atoms with Crippen LogP contribution in [0.15, 0.2) is 23.5 Å². The molecule has 0 saturated carbocycles. The standard InChI is InChI=1S/C10H17NO2/c1-7-5-8(3-4-11)6-9(12)10(7,2)13/h5-7,12-13H,3-4,11H2,1-2H3. The van der Waals surface area contributed by atoms with Gasteiger partial charge in [-0.25, -0.2) is 0 Å². The minimum atomic E-state index is -1.13. The Kier molecular flexibility index (Phi) is 2.78. The molecule has 4 N–H and O–H groups in total. The first-order valence-corrected chi connectivity index (χ1v) is 4.52. The van der Waals surface area contributed by atoms with Gasteiger partial charge in [-0.1, -0.05) is 13.0 Å². The lowest BCUT2D eigenvalue weighted by Gasteiger charge is -2.31. The van der Waals surface area contributed by atoms with Gasteiger partial charge < -0.3 is 15.9 Å². The Hall–Kier alpha value is -0.800.